The average molecular weight is 428 g/mol. The molecule has 0 spiro atoms. The van der Waals surface area contributed by atoms with Gasteiger partial charge in [0.2, 0.25) is 5.91 Å². The highest BCUT2D eigenvalue weighted by Gasteiger charge is 2.37. The lowest BCUT2D eigenvalue weighted by atomic mass is 10.0. The lowest BCUT2D eigenvalue weighted by molar-refractivity contribution is -0.122. The number of carbonyl (C=O) groups excluding carboxylic acids is 1. The Morgan fingerprint density at radius 1 is 0.906 bits per heavy atom. The smallest absolute Gasteiger partial charge is 0.237 e. The molecule has 32 heavy (non-hydrogen) atoms. The minimum Gasteiger partial charge on any atom is -0.351 e. The molecule has 3 atom stereocenters. The molecular formula is C28H33N3O. The zero-order valence-electron chi connectivity index (χ0n) is 18.5. The van der Waals surface area contributed by atoms with E-state index < -0.39 is 6.04 Å². The topological polar surface area (TPSA) is 67.1 Å². The summed E-state index contributed by atoms with van der Waals surface area (Å²) in [5.74, 6) is 0.582. The number of hydrogen-bond donors (Lipinski definition) is 3. The van der Waals surface area contributed by atoms with Crippen molar-refractivity contribution in [3.05, 3.63) is 96.1 Å². The molecule has 1 aliphatic carbocycles. The lowest BCUT2D eigenvalue weighted by Gasteiger charge is -2.13. The van der Waals surface area contributed by atoms with Gasteiger partial charge < -0.3 is 16.4 Å². The zero-order chi connectivity index (χ0) is 22.2. The third kappa shape index (κ3) is 6.28. The Bertz CT molecular complexity index is 990. The second kappa shape index (κ2) is 11.1. The summed E-state index contributed by atoms with van der Waals surface area (Å²) in [7, 11) is 0. The minimum absolute atomic E-state index is 0.0746. The molecule has 0 saturated heterocycles. The van der Waals surface area contributed by atoms with Crippen LogP contribution in [0.5, 0.6) is 0 Å². The van der Waals surface area contributed by atoms with Gasteiger partial charge in [0.25, 0.3) is 0 Å². The fourth-order valence-electron chi connectivity index (χ4n) is 4.21. The van der Waals surface area contributed by atoms with Gasteiger partial charge in [0.1, 0.15) is 0 Å². The van der Waals surface area contributed by atoms with Crippen molar-refractivity contribution in [1.29, 1.82) is 0 Å². The fraction of sp³-hybridized carbons (Fsp3) is 0.321. The van der Waals surface area contributed by atoms with Crippen LogP contribution in [0, 0.1) is 0 Å². The van der Waals surface area contributed by atoms with E-state index in [-0.39, 0.29) is 5.91 Å². The molecule has 2 unspecified atom stereocenters. The molecule has 0 bridgehead atoms. The summed E-state index contributed by atoms with van der Waals surface area (Å²) in [5, 5.41) is 6.62. The van der Waals surface area contributed by atoms with E-state index in [1.54, 1.807) is 0 Å². The van der Waals surface area contributed by atoms with E-state index in [1.165, 1.54) is 17.5 Å². The second-order valence-corrected chi connectivity index (χ2v) is 8.70. The van der Waals surface area contributed by atoms with Gasteiger partial charge in [-0.1, -0.05) is 85.3 Å². The monoisotopic (exact) mass is 427 g/mol. The first-order valence-electron chi connectivity index (χ1n) is 11.7. The van der Waals surface area contributed by atoms with Crippen LogP contribution >= 0.6 is 0 Å². The standard InChI is InChI=1S/C28H33N3O/c29-26(16-7-8-17-30-27-19-25(27)23-13-5-2-6-14-23)28(32)31-20-21-10-9-15-24(18-21)22-11-3-1-4-12-22/h1-6,9-15,18,25-27,30H,7-8,16-17,19-20,29H2,(H,31,32)/t25?,26-,27?/m0/s1. The van der Waals surface area contributed by atoms with Crippen molar-refractivity contribution >= 4 is 5.91 Å². The predicted molar refractivity (Wildman–Crippen MR) is 131 cm³/mol. The van der Waals surface area contributed by atoms with E-state index in [1.807, 2.05) is 30.3 Å². The largest absolute Gasteiger partial charge is 0.351 e. The first kappa shape index (κ1) is 22.3. The highest BCUT2D eigenvalue weighted by atomic mass is 16.2. The maximum absolute atomic E-state index is 12.4. The van der Waals surface area contributed by atoms with Crippen molar-refractivity contribution in [3.63, 3.8) is 0 Å². The van der Waals surface area contributed by atoms with Crippen LogP contribution in [0.4, 0.5) is 0 Å². The molecule has 0 heterocycles. The minimum atomic E-state index is -0.453. The van der Waals surface area contributed by atoms with E-state index in [4.69, 9.17) is 5.73 Å². The van der Waals surface area contributed by atoms with Crippen molar-refractivity contribution < 1.29 is 4.79 Å². The van der Waals surface area contributed by atoms with Crippen LogP contribution in [0.15, 0.2) is 84.9 Å². The summed E-state index contributed by atoms with van der Waals surface area (Å²) in [6.07, 6.45) is 3.92. The van der Waals surface area contributed by atoms with Crippen LogP contribution in [0.25, 0.3) is 11.1 Å². The summed E-state index contributed by atoms with van der Waals surface area (Å²) in [6, 6.07) is 29.4. The van der Waals surface area contributed by atoms with Gasteiger partial charge in [-0.05, 0) is 54.1 Å². The molecule has 166 valence electrons. The van der Waals surface area contributed by atoms with Gasteiger partial charge in [-0.15, -0.1) is 0 Å². The van der Waals surface area contributed by atoms with Crippen molar-refractivity contribution in [2.24, 2.45) is 5.73 Å². The van der Waals surface area contributed by atoms with Crippen LogP contribution in [-0.2, 0) is 11.3 Å². The number of carbonyl (C=O) groups is 1. The van der Waals surface area contributed by atoms with Crippen molar-refractivity contribution in [2.45, 2.75) is 50.2 Å². The number of nitrogens with one attached hydrogen (secondary N) is 2. The number of rotatable bonds is 11. The molecule has 1 aliphatic rings. The van der Waals surface area contributed by atoms with Gasteiger partial charge in [0.15, 0.2) is 0 Å². The molecule has 4 nitrogen and oxygen atoms in total. The number of hydrogen-bond acceptors (Lipinski definition) is 3. The number of amides is 1. The highest BCUT2D eigenvalue weighted by Crippen LogP contribution is 2.40. The Balaban J connectivity index is 1.12. The summed E-state index contributed by atoms with van der Waals surface area (Å²) in [6.45, 7) is 1.48. The SMILES string of the molecule is N[C@@H](CCCCNC1CC1c1ccccc1)C(=O)NCc1cccc(-c2ccccc2)c1. The molecule has 1 amide bonds. The molecule has 0 aromatic heterocycles. The molecule has 3 aromatic carbocycles. The van der Waals surface area contributed by atoms with Gasteiger partial charge in [0, 0.05) is 18.5 Å². The van der Waals surface area contributed by atoms with E-state index >= 15 is 0 Å². The molecule has 4 rings (SSSR count). The van der Waals surface area contributed by atoms with Gasteiger partial charge in [0.05, 0.1) is 6.04 Å². The third-order valence-corrected chi connectivity index (χ3v) is 6.20. The highest BCUT2D eigenvalue weighted by molar-refractivity contribution is 5.81. The number of unbranched alkanes of at least 4 members (excludes halogenated alkanes) is 1. The van der Waals surface area contributed by atoms with E-state index in [2.05, 4.69) is 65.2 Å². The van der Waals surface area contributed by atoms with Crippen LogP contribution in [0.2, 0.25) is 0 Å². The summed E-state index contributed by atoms with van der Waals surface area (Å²) in [4.78, 5) is 12.4. The van der Waals surface area contributed by atoms with Crippen molar-refractivity contribution in [2.75, 3.05) is 6.54 Å². The van der Waals surface area contributed by atoms with Crippen LogP contribution in [0.1, 0.15) is 42.7 Å². The normalized spacial score (nSPS) is 18.2. The maximum Gasteiger partial charge on any atom is 0.237 e. The van der Waals surface area contributed by atoms with Gasteiger partial charge in [-0.2, -0.15) is 0 Å². The maximum atomic E-state index is 12.4. The van der Waals surface area contributed by atoms with Crippen molar-refractivity contribution in [1.82, 2.24) is 10.6 Å². The summed E-state index contributed by atoms with van der Waals surface area (Å²) < 4.78 is 0. The van der Waals surface area contributed by atoms with Crippen LogP contribution in [0.3, 0.4) is 0 Å². The molecule has 1 saturated carbocycles. The van der Waals surface area contributed by atoms with Gasteiger partial charge >= 0.3 is 0 Å². The summed E-state index contributed by atoms with van der Waals surface area (Å²) in [5.41, 5.74) is 11.0. The number of nitrogens with two attached hydrogens (primary N) is 1. The van der Waals surface area contributed by atoms with E-state index in [9.17, 15) is 4.79 Å². The fourth-order valence-corrected chi connectivity index (χ4v) is 4.21. The first-order valence-corrected chi connectivity index (χ1v) is 11.7. The van der Waals surface area contributed by atoms with E-state index in [0.717, 1.165) is 30.5 Å². The summed E-state index contributed by atoms with van der Waals surface area (Å²) >= 11 is 0. The van der Waals surface area contributed by atoms with Gasteiger partial charge in [-0.3, -0.25) is 4.79 Å². The quantitative estimate of drug-likeness (QED) is 0.391. The third-order valence-electron chi connectivity index (χ3n) is 6.20. The number of benzene rings is 3. The van der Waals surface area contributed by atoms with E-state index in [0.29, 0.717) is 24.9 Å². The van der Waals surface area contributed by atoms with Crippen LogP contribution < -0.4 is 16.4 Å². The Hall–Kier alpha value is -2.95. The molecule has 0 aliphatic heterocycles. The molecule has 4 N–H and O–H groups in total. The average Bonchev–Trinajstić information content (AvgIpc) is 3.63. The molecule has 1 fully saturated rings. The molecule has 4 heteroatoms. The second-order valence-electron chi connectivity index (χ2n) is 8.70. The molecule has 3 aromatic rings. The van der Waals surface area contributed by atoms with Gasteiger partial charge in [-0.25, -0.2) is 0 Å². The lowest BCUT2D eigenvalue weighted by Crippen LogP contribution is -2.40. The predicted octanol–water partition coefficient (Wildman–Crippen LogP) is 4.61. The first-order chi connectivity index (χ1) is 15.7. The zero-order valence-corrected chi connectivity index (χ0v) is 18.5. The van der Waals surface area contributed by atoms with Crippen molar-refractivity contribution in [3.8, 4) is 11.1 Å². The molecular weight excluding hydrogens is 394 g/mol. The van der Waals surface area contributed by atoms with Crippen LogP contribution in [-0.4, -0.2) is 24.5 Å². The Morgan fingerprint density at radius 3 is 2.41 bits per heavy atom. The Labute approximate surface area is 191 Å². The Morgan fingerprint density at radius 2 is 1.62 bits per heavy atom. The molecule has 0 radical (unpaired) electrons. The Kier molecular flexibility index (Phi) is 7.70.